The third kappa shape index (κ3) is 4.81. The average Bonchev–Trinajstić information content (AvgIpc) is 3.47. The van der Waals surface area contributed by atoms with Crippen LogP contribution >= 0.6 is 24.2 Å². The van der Waals surface area contributed by atoms with Crippen LogP contribution in [0.5, 0.6) is 0 Å². The second-order valence-electron chi connectivity index (χ2n) is 8.19. The maximum atomic E-state index is 5.86. The number of oxazole rings is 2. The van der Waals surface area contributed by atoms with Gasteiger partial charge in [-0.1, -0.05) is 24.8 Å². The number of thioether (sulfide) groups is 1. The van der Waals surface area contributed by atoms with Crippen molar-refractivity contribution in [3.8, 4) is 11.6 Å². The summed E-state index contributed by atoms with van der Waals surface area (Å²) < 4.78 is 13.3. The maximum Gasteiger partial charge on any atom is 0.202 e. The van der Waals surface area contributed by atoms with Gasteiger partial charge in [0.05, 0.1) is 5.69 Å². The summed E-state index contributed by atoms with van der Waals surface area (Å²) in [6, 6.07) is 4.31. The van der Waals surface area contributed by atoms with Crippen molar-refractivity contribution >= 4 is 35.3 Å². The monoisotopic (exact) mass is 488 g/mol. The molecular weight excluding hydrogens is 460 g/mol. The number of benzene rings is 1. The highest BCUT2D eigenvalue weighted by atomic mass is 35.5. The molecule has 4 aromatic rings. The van der Waals surface area contributed by atoms with Crippen LogP contribution in [-0.4, -0.2) is 55.0 Å². The summed E-state index contributed by atoms with van der Waals surface area (Å²) >= 11 is 1.74. The second-order valence-corrected chi connectivity index (χ2v) is 9.25. The van der Waals surface area contributed by atoms with Crippen molar-refractivity contribution < 1.29 is 8.83 Å². The average molecular weight is 489 g/mol. The summed E-state index contributed by atoms with van der Waals surface area (Å²) in [5.41, 5.74) is 5.61. The van der Waals surface area contributed by atoms with E-state index in [9.17, 15) is 0 Å². The van der Waals surface area contributed by atoms with Crippen molar-refractivity contribution in [1.29, 1.82) is 0 Å². The number of rotatable bonds is 7. The molecule has 0 fully saturated rings. The van der Waals surface area contributed by atoms with E-state index in [2.05, 4.69) is 39.1 Å². The fraction of sp³-hybridized carbons (Fsp3) is 0.478. The molecule has 0 aliphatic carbocycles. The van der Waals surface area contributed by atoms with Crippen molar-refractivity contribution in [2.45, 2.75) is 44.7 Å². The molecule has 3 aromatic heterocycles. The highest BCUT2D eigenvalue weighted by Gasteiger charge is 2.19. The van der Waals surface area contributed by atoms with E-state index in [1.54, 1.807) is 11.8 Å². The van der Waals surface area contributed by atoms with Gasteiger partial charge in [0.25, 0.3) is 0 Å². The Morgan fingerprint density at radius 3 is 2.79 bits per heavy atom. The van der Waals surface area contributed by atoms with E-state index in [1.165, 1.54) is 17.5 Å². The van der Waals surface area contributed by atoms with Gasteiger partial charge in [0.2, 0.25) is 5.82 Å². The van der Waals surface area contributed by atoms with Gasteiger partial charge in [0.1, 0.15) is 5.52 Å². The Kier molecular flexibility index (Phi) is 7.41. The number of fused-ring (bicyclic) bond motifs is 3. The Morgan fingerprint density at radius 2 is 2.00 bits per heavy atom. The molecule has 0 spiro atoms. The van der Waals surface area contributed by atoms with Gasteiger partial charge in [-0.2, -0.15) is 0 Å². The van der Waals surface area contributed by atoms with Gasteiger partial charge in [-0.3, -0.25) is 0 Å². The van der Waals surface area contributed by atoms with Gasteiger partial charge in [0.15, 0.2) is 28.8 Å². The molecular formula is C23H29ClN6O2S. The van der Waals surface area contributed by atoms with Crippen LogP contribution in [-0.2, 0) is 26.3 Å². The molecule has 0 radical (unpaired) electrons. The van der Waals surface area contributed by atoms with E-state index in [0.717, 1.165) is 84.7 Å². The minimum Gasteiger partial charge on any atom is -0.441 e. The highest BCUT2D eigenvalue weighted by Crippen LogP contribution is 2.27. The predicted octanol–water partition coefficient (Wildman–Crippen LogP) is 4.49. The van der Waals surface area contributed by atoms with E-state index in [0.29, 0.717) is 5.76 Å². The molecule has 1 aromatic carbocycles. The SMILES string of the molecule is CCc1nc2c3c(ccc2o1)CCN(CCCSc1nnc(-c2ocnc2C)n1C)CC3.Cl. The number of hydrogen-bond acceptors (Lipinski definition) is 8. The van der Waals surface area contributed by atoms with Crippen molar-refractivity contribution in [2.24, 2.45) is 7.05 Å². The Bertz CT molecular complexity index is 1230. The van der Waals surface area contributed by atoms with Crippen LogP contribution in [0, 0.1) is 6.92 Å². The molecule has 0 N–H and O–H groups in total. The van der Waals surface area contributed by atoms with E-state index >= 15 is 0 Å². The molecule has 0 amide bonds. The molecule has 0 bridgehead atoms. The van der Waals surface area contributed by atoms with Crippen LogP contribution in [0.25, 0.3) is 22.7 Å². The normalized spacial score (nSPS) is 14.3. The first-order chi connectivity index (χ1) is 15.6. The molecule has 0 unspecified atom stereocenters. The molecule has 1 aliphatic rings. The molecule has 0 atom stereocenters. The van der Waals surface area contributed by atoms with E-state index in [4.69, 9.17) is 13.8 Å². The number of aromatic nitrogens is 5. The lowest BCUT2D eigenvalue weighted by Crippen LogP contribution is -2.27. The fourth-order valence-corrected chi connectivity index (χ4v) is 5.13. The minimum absolute atomic E-state index is 0. The van der Waals surface area contributed by atoms with Gasteiger partial charge in [-0.25, -0.2) is 9.97 Å². The Balaban J connectivity index is 0.00000259. The zero-order valence-corrected chi connectivity index (χ0v) is 20.8. The molecule has 10 heteroatoms. The fourth-order valence-electron chi connectivity index (χ4n) is 4.29. The zero-order chi connectivity index (χ0) is 22.1. The standard InChI is InChI=1S/C23H28N6O2S.ClH/c1-4-19-25-20-17-9-12-29(11-8-16(17)6-7-18(20)31-19)10-5-13-32-23-27-26-22(28(23)3)21-15(2)24-14-30-21;/h6-7,14H,4-5,8-13H2,1-3H3;1H. The van der Waals surface area contributed by atoms with Gasteiger partial charge in [-0.05, 0) is 49.9 Å². The van der Waals surface area contributed by atoms with Crippen LogP contribution < -0.4 is 0 Å². The Hall–Kier alpha value is -2.36. The topological polar surface area (TPSA) is 86.0 Å². The number of nitrogens with zero attached hydrogens (tertiary/aromatic N) is 6. The Morgan fingerprint density at radius 1 is 1.15 bits per heavy atom. The first-order valence-electron chi connectivity index (χ1n) is 11.2. The van der Waals surface area contributed by atoms with Gasteiger partial charge in [0, 0.05) is 32.3 Å². The predicted molar refractivity (Wildman–Crippen MR) is 131 cm³/mol. The molecule has 4 heterocycles. The summed E-state index contributed by atoms with van der Waals surface area (Å²) in [6.07, 6.45) is 5.47. The van der Waals surface area contributed by atoms with Crippen LogP contribution in [0.3, 0.4) is 0 Å². The molecule has 33 heavy (non-hydrogen) atoms. The first-order valence-corrected chi connectivity index (χ1v) is 12.2. The highest BCUT2D eigenvalue weighted by molar-refractivity contribution is 7.99. The molecule has 0 saturated heterocycles. The first kappa shape index (κ1) is 23.8. The minimum atomic E-state index is 0. The van der Waals surface area contributed by atoms with Crippen LogP contribution in [0.1, 0.15) is 36.1 Å². The van der Waals surface area contributed by atoms with E-state index in [1.807, 2.05) is 18.5 Å². The molecule has 5 rings (SSSR count). The maximum absolute atomic E-state index is 5.86. The summed E-state index contributed by atoms with van der Waals surface area (Å²) in [4.78, 5) is 11.4. The quantitative estimate of drug-likeness (QED) is 0.278. The van der Waals surface area contributed by atoms with Crippen LogP contribution in [0.2, 0.25) is 0 Å². The lowest BCUT2D eigenvalue weighted by molar-refractivity contribution is 0.289. The molecule has 8 nitrogen and oxygen atoms in total. The number of hydrogen-bond donors (Lipinski definition) is 0. The van der Waals surface area contributed by atoms with Crippen molar-refractivity contribution in [3.05, 3.63) is 41.2 Å². The van der Waals surface area contributed by atoms with Gasteiger partial charge in [-0.15, -0.1) is 22.6 Å². The third-order valence-corrected chi connectivity index (χ3v) is 7.22. The third-order valence-electron chi connectivity index (χ3n) is 6.12. The van der Waals surface area contributed by atoms with Crippen LogP contribution in [0.4, 0.5) is 0 Å². The number of halogens is 1. The molecule has 176 valence electrons. The Labute approximate surface area is 203 Å². The van der Waals surface area contributed by atoms with Crippen molar-refractivity contribution in [3.63, 3.8) is 0 Å². The summed E-state index contributed by atoms with van der Waals surface area (Å²) in [6.45, 7) is 7.22. The van der Waals surface area contributed by atoms with Crippen molar-refractivity contribution in [2.75, 3.05) is 25.4 Å². The van der Waals surface area contributed by atoms with E-state index in [-0.39, 0.29) is 12.4 Å². The van der Waals surface area contributed by atoms with Crippen LogP contribution in [0.15, 0.2) is 32.5 Å². The van der Waals surface area contributed by atoms with Crippen molar-refractivity contribution in [1.82, 2.24) is 29.6 Å². The number of aryl methyl sites for hydroxylation is 2. The summed E-state index contributed by atoms with van der Waals surface area (Å²) in [5.74, 6) is 3.23. The zero-order valence-electron chi connectivity index (χ0n) is 19.2. The summed E-state index contributed by atoms with van der Waals surface area (Å²) in [7, 11) is 1.97. The lowest BCUT2D eigenvalue weighted by Gasteiger charge is -2.19. The smallest absolute Gasteiger partial charge is 0.202 e. The summed E-state index contributed by atoms with van der Waals surface area (Å²) in [5, 5.41) is 9.53. The van der Waals surface area contributed by atoms with Gasteiger partial charge < -0.3 is 18.3 Å². The molecule has 1 aliphatic heterocycles. The molecule has 0 saturated carbocycles. The van der Waals surface area contributed by atoms with E-state index < -0.39 is 0 Å². The second kappa shape index (κ2) is 10.3. The van der Waals surface area contributed by atoms with Gasteiger partial charge >= 0.3 is 0 Å². The lowest BCUT2D eigenvalue weighted by atomic mass is 10.0. The largest absolute Gasteiger partial charge is 0.441 e.